The molecule has 4 heteroatoms. The summed E-state index contributed by atoms with van der Waals surface area (Å²) in [5, 5.41) is 2.67. The number of carbonyl (C=O) groups is 1. The van der Waals surface area contributed by atoms with Gasteiger partial charge in [0.05, 0.1) is 16.6 Å². The van der Waals surface area contributed by atoms with Crippen molar-refractivity contribution in [3.8, 4) is 0 Å². The van der Waals surface area contributed by atoms with E-state index in [-0.39, 0.29) is 6.04 Å². The quantitative estimate of drug-likeness (QED) is 0.767. The number of anilines is 1. The van der Waals surface area contributed by atoms with Crippen LogP contribution in [0.25, 0.3) is 0 Å². The lowest BCUT2D eigenvalue weighted by Crippen LogP contribution is -2.33. The van der Waals surface area contributed by atoms with Gasteiger partial charge in [-0.25, -0.2) is 0 Å². The Balaban J connectivity index is 2.05. The van der Waals surface area contributed by atoms with Gasteiger partial charge < -0.3 is 4.90 Å². The van der Waals surface area contributed by atoms with Gasteiger partial charge in [0, 0.05) is 17.1 Å². The Morgan fingerprint density at radius 1 is 1.42 bits per heavy atom. The van der Waals surface area contributed by atoms with Crippen molar-refractivity contribution in [3.63, 3.8) is 0 Å². The molecule has 0 bridgehead atoms. The summed E-state index contributed by atoms with van der Waals surface area (Å²) >= 11 is 7.94. The van der Waals surface area contributed by atoms with Crippen molar-refractivity contribution in [3.05, 3.63) is 50.7 Å². The van der Waals surface area contributed by atoms with Crippen LogP contribution < -0.4 is 4.90 Å². The van der Waals surface area contributed by atoms with Crippen LogP contribution in [-0.2, 0) is 6.42 Å². The molecule has 0 amide bonds. The van der Waals surface area contributed by atoms with Crippen molar-refractivity contribution < 1.29 is 4.79 Å². The van der Waals surface area contributed by atoms with Gasteiger partial charge in [0.15, 0.2) is 6.29 Å². The van der Waals surface area contributed by atoms with Gasteiger partial charge in [-0.2, -0.15) is 0 Å². The molecular formula is C15H14ClNOS. The minimum Gasteiger partial charge on any atom is -0.364 e. The average Bonchev–Trinajstić information content (AvgIpc) is 2.88. The van der Waals surface area contributed by atoms with Crippen LogP contribution in [0.4, 0.5) is 5.69 Å². The van der Waals surface area contributed by atoms with E-state index >= 15 is 0 Å². The second-order valence-electron chi connectivity index (χ2n) is 4.71. The van der Waals surface area contributed by atoms with E-state index in [1.165, 1.54) is 10.4 Å². The Morgan fingerprint density at radius 3 is 3.05 bits per heavy atom. The Hall–Kier alpha value is -1.32. The van der Waals surface area contributed by atoms with Gasteiger partial charge in [-0.15, -0.1) is 11.3 Å². The largest absolute Gasteiger partial charge is 0.364 e. The number of halogens is 1. The first kappa shape index (κ1) is 12.7. The molecule has 0 aliphatic carbocycles. The number of hydrogen-bond acceptors (Lipinski definition) is 3. The summed E-state index contributed by atoms with van der Waals surface area (Å²) < 4.78 is 0. The van der Waals surface area contributed by atoms with Gasteiger partial charge in [0.2, 0.25) is 0 Å². The van der Waals surface area contributed by atoms with Crippen molar-refractivity contribution >= 4 is 34.9 Å². The number of nitrogens with zero attached hydrogens (tertiary/aromatic N) is 1. The minimum atomic E-state index is 0.284. The molecule has 3 rings (SSSR count). The van der Waals surface area contributed by atoms with Crippen LogP contribution in [0, 0.1) is 0 Å². The van der Waals surface area contributed by atoms with Crippen molar-refractivity contribution in [1.82, 2.24) is 0 Å². The predicted molar refractivity (Wildman–Crippen MR) is 80.6 cm³/mol. The molecule has 98 valence electrons. The fraction of sp³-hybridized carbons (Fsp3) is 0.267. The van der Waals surface area contributed by atoms with E-state index in [1.807, 2.05) is 23.5 Å². The lowest BCUT2D eigenvalue weighted by molar-refractivity contribution is 0.112. The average molecular weight is 292 g/mol. The fourth-order valence-electron chi connectivity index (χ4n) is 2.73. The van der Waals surface area contributed by atoms with E-state index < -0.39 is 0 Å². The molecule has 1 unspecified atom stereocenters. The zero-order chi connectivity index (χ0) is 13.4. The number of hydrogen-bond donors (Lipinski definition) is 0. The molecule has 2 nitrogen and oxygen atoms in total. The van der Waals surface area contributed by atoms with Crippen molar-refractivity contribution in [2.45, 2.75) is 19.4 Å². The molecular weight excluding hydrogens is 278 g/mol. The normalized spacial score (nSPS) is 18.2. The summed E-state index contributed by atoms with van der Waals surface area (Å²) in [4.78, 5) is 15.0. The Labute approximate surface area is 121 Å². The summed E-state index contributed by atoms with van der Waals surface area (Å²) in [7, 11) is 0. The first-order valence-corrected chi connectivity index (χ1v) is 7.54. The van der Waals surface area contributed by atoms with E-state index in [2.05, 4.69) is 23.3 Å². The van der Waals surface area contributed by atoms with E-state index in [9.17, 15) is 4.79 Å². The fourth-order valence-corrected chi connectivity index (χ4v) is 3.91. The standard InChI is InChI=1S/C15H14ClNOS/c1-10-11-6-8-19-15(11)5-7-17(10)14-4-2-3-13(16)12(14)9-18/h2-4,6,8-10H,5,7H2,1H3. The van der Waals surface area contributed by atoms with Gasteiger partial charge in [-0.05, 0) is 42.5 Å². The van der Waals surface area contributed by atoms with E-state index in [0.29, 0.717) is 10.6 Å². The second-order valence-corrected chi connectivity index (χ2v) is 6.12. The number of carbonyl (C=O) groups excluding carboxylic acids is 1. The number of benzene rings is 1. The maximum absolute atomic E-state index is 11.3. The van der Waals surface area contributed by atoms with Crippen molar-refractivity contribution in [2.75, 3.05) is 11.4 Å². The molecule has 0 saturated carbocycles. The Kier molecular flexibility index (Phi) is 3.33. The summed E-state index contributed by atoms with van der Waals surface area (Å²) in [5.41, 5.74) is 2.90. The van der Waals surface area contributed by atoms with Crippen molar-refractivity contribution in [1.29, 1.82) is 0 Å². The Bertz CT molecular complexity index is 622. The predicted octanol–water partition coefficient (Wildman–Crippen LogP) is 4.34. The van der Waals surface area contributed by atoms with Gasteiger partial charge in [0.1, 0.15) is 0 Å². The molecule has 1 atom stereocenters. The van der Waals surface area contributed by atoms with Crippen LogP contribution in [0.1, 0.15) is 33.8 Å². The molecule has 0 saturated heterocycles. The molecule has 1 aliphatic rings. The SMILES string of the molecule is CC1c2ccsc2CCN1c1cccc(Cl)c1C=O. The van der Waals surface area contributed by atoms with Crippen LogP contribution in [0.2, 0.25) is 5.02 Å². The summed E-state index contributed by atoms with van der Waals surface area (Å²) in [6, 6.07) is 8.11. The highest BCUT2D eigenvalue weighted by Crippen LogP contribution is 2.38. The maximum Gasteiger partial charge on any atom is 0.153 e. The smallest absolute Gasteiger partial charge is 0.153 e. The summed E-state index contributed by atoms with van der Waals surface area (Å²) in [6.07, 6.45) is 1.88. The molecule has 19 heavy (non-hydrogen) atoms. The highest BCUT2D eigenvalue weighted by atomic mass is 35.5. The van der Waals surface area contributed by atoms with E-state index in [1.54, 1.807) is 6.07 Å². The van der Waals surface area contributed by atoms with Crippen LogP contribution >= 0.6 is 22.9 Å². The number of thiophene rings is 1. The lowest BCUT2D eigenvalue weighted by Gasteiger charge is -2.36. The third-order valence-corrected chi connectivity index (χ3v) is 5.06. The lowest BCUT2D eigenvalue weighted by atomic mass is 9.99. The molecule has 2 heterocycles. The minimum absolute atomic E-state index is 0.284. The second kappa shape index (κ2) is 4.99. The van der Waals surface area contributed by atoms with E-state index in [4.69, 9.17) is 11.6 Å². The van der Waals surface area contributed by atoms with Crippen LogP contribution in [-0.4, -0.2) is 12.8 Å². The maximum atomic E-state index is 11.3. The van der Waals surface area contributed by atoms with E-state index in [0.717, 1.165) is 24.9 Å². The Morgan fingerprint density at radius 2 is 2.26 bits per heavy atom. The molecule has 2 aromatic rings. The summed E-state index contributed by atoms with van der Waals surface area (Å²) in [6.45, 7) is 3.11. The number of rotatable bonds is 2. The zero-order valence-electron chi connectivity index (χ0n) is 10.6. The van der Waals surface area contributed by atoms with Gasteiger partial charge in [-0.3, -0.25) is 4.79 Å². The molecule has 1 aliphatic heterocycles. The highest BCUT2D eigenvalue weighted by molar-refractivity contribution is 7.10. The van der Waals surface area contributed by atoms with Gasteiger partial charge in [0.25, 0.3) is 0 Å². The highest BCUT2D eigenvalue weighted by Gasteiger charge is 2.26. The van der Waals surface area contributed by atoms with Crippen LogP contribution in [0.15, 0.2) is 29.6 Å². The number of aldehydes is 1. The monoisotopic (exact) mass is 291 g/mol. The van der Waals surface area contributed by atoms with Gasteiger partial charge in [-0.1, -0.05) is 17.7 Å². The molecule has 0 fully saturated rings. The first-order chi connectivity index (χ1) is 9.22. The molecule has 1 aromatic heterocycles. The summed E-state index contributed by atoms with van der Waals surface area (Å²) in [5.74, 6) is 0. The molecule has 0 N–H and O–H groups in total. The third-order valence-electron chi connectivity index (χ3n) is 3.73. The van der Waals surface area contributed by atoms with Crippen LogP contribution in [0.3, 0.4) is 0 Å². The molecule has 0 radical (unpaired) electrons. The molecule has 0 spiro atoms. The third kappa shape index (κ3) is 2.07. The van der Waals surface area contributed by atoms with Gasteiger partial charge >= 0.3 is 0 Å². The van der Waals surface area contributed by atoms with Crippen molar-refractivity contribution in [2.24, 2.45) is 0 Å². The zero-order valence-corrected chi connectivity index (χ0v) is 12.2. The van der Waals surface area contributed by atoms with Crippen LogP contribution in [0.5, 0.6) is 0 Å². The molecule has 1 aromatic carbocycles. The number of fused-ring (bicyclic) bond motifs is 1. The first-order valence-electron chi connectivity index (χ1n) is 6.29. The topological polar surface area (TPSA) is 20.3 Å².